The van der Waals surface area contributed by atoms with Crippen LogP contribution in [0, 0.1) is 5.92 Å². The van der Waals surface area contributed by atoms with Gasteiger partial charge in [-0.05, 0) is 31.7 Å². The SMILES string of the molecule is CC1CCN(C2CCCCCC2)C1CCl. The minimum atomic E-state index is 0.662. The molecule has 2 atom stereocenters. The molecule has 0 aromatic carbocycles. The second-order valence-corrected chi connectivity index (χ2v) is 5.68. The summed E-state index contributed by atoms with van der Waals surface area (Å²) in [5.74, 6) is 1.64. The lowest BCUT2D eigenvalue weighted by Crippen LogP contribution is -2.41. The topological polar surface area (TPSA) is 3.24 Å². The quantitative estimate of drug-likeness (QED) is 0.516. The molecule has 2 unspecified atom stereocenters. The average Bonchev–Trinajstić information content (AvgIpc) is 2.48. The Labute approximate surface area is 99.2 Å². The molecule has 1 nitrogen and oxygen atoms in total. The number of hydrogen-bond acceptors (Lipinski definition) is 1. The molecule has 0 radical (unpaired) electrons. The number of halogens is 1. The van der Waals surface area contributed by atoms with Gasteiger partial charge in [0.15, 0.2) is 0 Å². The fraction of sp³-hybridized carbons (Fsp3) is 1.00. The lowest BCUT2D eigenvalue weighted by molar-refractivity contribution is 0.162. The average molecular weight is 230 g/mol. The van der Waals surface area contributed by atoms with Gasteiger partial charge in [-0.3, -0.25) is 4.90 Å². The van der Waals surface area contributed by atoms with Crippen molar-refractivity contribution >= 4 is 11.6 Å². The highest BCUT2D eigenvalue weighted by Crippen LogP contribution is 2.31. The minimum absolute atomic E-state index is 0.662. The molecule has 0 amide bonds. The van der Waals surface area contributed by atoms with Gasteiger partial charge in [0.05, 0.1) is 0 Å². The van der Waals surface area contributed by atoms with E-state index in [1.165, 1.54) is 51.5 Å². The zero-order valence-electron chi connectivity index (χ0n) is 9.92. The first-order valence-corrected chi connectivity index (χ1v) is 7.18. The van der Waals surface area contributed by atoms with E-state index in [2.05, 4.69) is 11.8 Å². The van der Waals surface area contributed by atoms with Crippen LogP contribution in [0.4, 0.5) is 0 Å². The van der Waals surface area contributed by atoms with Gasteiger partial charge < -0.3 is 0 Å². The van der Waals surface area contributed by atoms with Crippen LogP contribution in [0.25, 0.3) is 0 Å². The molecule has 88 valence electrons. The molecule has 1 aliphatic heterocycles. The summed E-state index contributed by atoms with van der Waals surface area (Å²) >= 11 is 6.12. The van der Waals surface area contributed by atoms with Gasteiger partial charge in [-0.15, -0.1) is 11.6 Å². The summed E-state index contributed by atoms with van der Waals surface area (Å²) in [4.78, 5) is 2.73. The predicted octanol–water partition coefficient (Wildman–Crippen LogP) is 3.66. The molecular formula is C13H24ClN. The number of alkyl halides is 1. The highest BCUT2D eigenvalue weighted by molar-refractivity contribution is 6.18. The van der Waals surface area contributed by atoms with Gasteiger partial charge in [-0.1, -0.05) is 32.6 Å². The summed E-state index contributed by atoms with van der Waals surface area (Å²) in [5.41, 5.74) is 0. The van der Waals surface area contributed by atoms with E-state index < -0.39 is 0 Å². The summed E-state index contributed by atoms with van der Waals surface area (Å²) < 4.78 is 0. The minimum Gasteiger partial charge on any atom is -0.296 e. The third kappa shape index (κ3) is 2.68. The van der Waals surface area contributed by atoms with Crippen LogP contribution in [-0.2, 0) is 0 Å². The number of nitrogens with zero attached hydrogens (tertiary/aromatic N) is 1. The van der Waals surface area contributed by atoms with Crippen molar-refractivity contribution in [2.24, 2.45) is 5.92 Å². The van der Waals surface area contributed by atoms with Crippen molar-refractivity contribution in [2.45, 2.75) is 64.0 Å². The second kappa shape index (κ2) is 5.54. The van der Waals surface area contributed by atoms with Crippen LogP contribution < -0.4 is 0 Å². The van der Waals surface area contributed by atoms with Crippen molar-refractivity contribution in [1.82, 2.24) is 4.90 Å². The standard InChI is InChI=1S/C13H24ClN/c1-11-8-9-15(13(11)10-14)12-6-4-2-3-5-7-12/h11-13H,2-10H2,1H3. The van der Waals surface area contributed by atoms with Crippen LogP contribution in [0.1, 0.15) is 51.9 Å². The molecular weight excluding hydrogens is 206 g/mol. The molecule has 0 aromatic rings. The molecule has 0 N–H and O–H groups in total. The number of likely N-dealkylation sites (tertiary alicyclic amines) is 1. The molecule has 1 saturated heterocycles. The first-order chi connectivity index (χ1) is 7.33. The molecule has 2 fully saturated rings. The van der Waals surface area contributed by atoms with Gasteiger partial charge >= 0.3 is 0 Å². The van der Waals surface area contributed by atoms with Gasteiger partial charge in [-0.2, -0.15) is 0 Å². The van der Waals surface area contributed by atoms with E-state index in [1.54, 1.807) is 0 Å². The van der Waals surface area contributed by atoms with Crippen molar-refractivity contribution < 1.29 is 0 Å². The van der Waals surface area contributed by atoms with Crippen molar-refractivity contribution in [3.63, 3.8) is 0 Å². The summed E-state index contributed by atoms with van der Waals surface area (Å²) in [6.07, 6.45) is 9.96. The zero-order chi connectivity index (χ0) is 10.7. The number of hydrogen-bond donors (Lipinski definition) is 0. The summed E-state index contributed by atoms with van der Waals surface area (Å²) in [5, 5.41) is 0. The Balaban J connectivity index is 1.95. The highest BCUT2D eigenvalue weighted by Gasteiger charge is 2.34. The van der Waals surface area contributed by atoms with Crippen molar-refractivity contribution in [1.29, 1.82) is 0 Å². The molecule has 1 aliphatic carbocycles. The van der Waals surface area contributed by atoms with Gasteiger partial charge in [0, 0.05) is 18.0 Å². The van der Waals surface area contributed by atoms with E-state index in [0.29, 0.717) is 6.04 Å². The van der Waals surface area contributed by atoms with E-state index in [1.807, 2.05) is 0 Å². The third-order valence-electron chi connectivity index (χ3n) is 4.38. The molecule has 2 heteroatoms. The Kier molecular flexibility index (Phi) is 4.33. The Bertz CT molecular complexity index is 187. The van der Waals surface area contributed by atoms with Gasteiger partial charge in [0.25, 0.3) is 0 Å². The van der Waals surface area contributed by atoms with Crippen LogP contribution in [0.3, 0.4) is 0 Å². The lowest BCUT2D eigenvalue weighted by atomic mass is 10.0. The second-order valence-electron chi connectivity index (χ2n) is 5.37. The third-order valence-corrected chi connectivity index (χ3v) is 4.69. The van der Waals surface area contributed by atoms with Crippen LogP contribution in [0.15, 0.2) is 0 Å². The van der Waals surface area contributed by atoms with Crippen molar-refractivity contribution in [3.05, 3.63) is 0 Å². The van der Waals surface area contributed by atoms with Crippen molar-refractivity contribution in [2.75, 3.05) is 12.4 Å². The fourth-order valence-electron chi connectivity index (χ4n) is 3.32. The van der Waals surface area contributed by atoms with Gasteiger partial charge in [0.1, 0.15) is 0 Å². The summed E-state index contributed by atoms with van der Waals surface area (Å²) in [6, 6.07) is 1.51. The molecule has 2 rings (SSSR count). The van der Waals surface area contributed by atoms with E-state index in [9.17, 15) is 0 Å². The van der Waals surface area contributed by atoms with Crippen LogP contribution in [0.5, 0.6) is 0 Å². The number of rotatable bonds is 2. The maximum atomic E-state index is 6.12. The molecule has 0 spiro atoms. The molecule has 2 aliphatic rings. The Morgan fingerprint density at radius 2 is 1.73 bits per heavy atom. The predicted molar refractivity (Wildman–Crippen MR) is 66.5 cm³/mol. The monoisotopic (exact) mass is 229 g/mol. The highest BCUT2D eigenvalue weighted by atomic mass is 35.5. The largest absolute Gasteiger partial charge is 0.296 e. The van der Waals surface area contributed by atoms with E-state index in [4.69, 9.17) is 11.6 Å². The molecule has 0 aromatic heterocycles. The van der Waals surface area contributed by atoms with Gasteiger partial charge in [0.2, 0.25) is 0 Å². The van der Waals surface area contributed by atoms with E-state index >= 15 is 0 Å². The maximum absolute atomic E-state index is 6.12. The zero-order valence-corrected chi connectivity index (χ0v) is 10.7. The molecule has 1 saturated carbocycles. The van der Waals surface area contributed by atoms with Crippen molar-refractivity contribution in [3.8, 4) is 0 Å². The maximum Gasteiger partial charge on any atom is 0.0382 e. The van der Waals surface area contributed by atoms with Crippen LogP contribution in [-0.4, -0.2) is 29.4 Å². The van der Waals surface area contributed by atoms with Crippen LogP contribution in [0.2, 0.25) is 0 Å². The first-order valence-electron chi connectivity index (χ1n) is 6.64. The van der Waals surface area contributed by atoms with E-state index in [-0.39, 0.29) is 0 Å². The Morgan fingerprint density at radius 1 is 1.07 bits per heavy atom. The lowest BCUT2D eigenvalue weighted by Gasteiger charge is -2.32. The Morgan fingerprint density at radius 3 is 2.33 bits per heavy atom. The normalized spacial score (nSPS) is 35.6. The molecule has 1 heterocycles. The molecule has 0 bridgehead atoms. The Hall–Kier alpha value is 0.250. The fourth-order valence-corrected chi connectivity index (χ4v) is 3.80. The summed E-state index contributed by atoms with van der Waals surface area (Å²) in [6.45, 7) is 3.66. The summed E-state index contributed by atoms with van der Waals surface area (Å²) in [7, 11) is 0. The molecule has 15 heavy (non-hydrogen) atoms. The van der Waals surface area contributed by atoms with E-state index in [0.717, 1.165) is 17.8 Å². The smallest absolute Gasteiger partial charge is 0.0382 e. The van der Waals surface area contributed by atoms with Gasteiger partial charge in [-0.25, -0.2) is 0 Å². The first kappa shape index (κ1) is 11.7. The van der Waals surface area contributed by atoms with Crippen LogP contribution >= 0.6 is 11.6 Å².